The molecule has 0 aromatic carbocycles. The summed E-state index contributed by atoms with van der Waals surface area (Å²) in [6.45, 7) is 17.7. The van der Waals surface area contributed by atoms with Crippen molar-refractivity contribution < 1.29 is 19.1 Å². The summed E-state index contributed by atoms with van der Waals surface area (Å²) < 4.78 is 5.22. The first-order valence-corrected chi connectivity index (χ1v) is 8.24. The number of Topliss-reactive ketones (excluding diaryl/α,β-unsaturated/α-hetero) is 1. The van der Waals surface area contributed by atoms with Crippen LogP contribution in [0.25, 0.3) is 5.53 Å². The largest absolute Gasteiger partial charge is 0.460 e. The van der Waals surface area contributed by atoms with Crippen molar-refractivity contribution in [1.82, 2.24) is 0 Å². The van der Waals surface area contributed by atoms with E-state index in [0.29, 0.717) is 24.2 Å². The third-order valence-corrected chi connectivity index (χ3v) is 3.68. The van der Waals surface area contributed by atoms with Gasteiger partial charge in [0.2, 0.25) is 5.78 Å². The summed E-state index contributed by atoms with van der Waals surface area (Å²) in [6.07, 6.45) is 1.47. The van der Waals surface area contributed by atoms with Crippen LogP contribution in [0, 0.1) is 23.7 Å². The molecule has 0 unspecified atom stereocenters. The minimum Gasteiger partial charge on any atom is -0.460 e. The van der Waals surface area contributed by atoms with Crippen LogP contribution in [0.3, 0.4) is 0 Å². The van der Waals surface area contributed by atoms with E-state index >= 15 is 0 Å². The fourth-order valence-electron chi connectivity index (χ4n) is 1.38. The Balaban J connectivity index is 0. The Morgan fingerprint density at radius 3 is 1.83 bits per heavy atom. The van der Waals surface area contributed by atoms with Crippen molar-refractivity contribution in [3.63, 3.8) is 0 Å². The monoisotopic (exact) mass is 326 g/mol. The van der Waals surface area contributed by atoms with Crippen LogP contribution in [0.1, 0.15) is 68.7 Å². The van der Waals surface area contributed by atoms with E-state index in [1.54, 1.807) is 0 Å². The summed E-state index contributed by atoms with van der Waals surface area (Å²) in [5.74, 6) is 0.954. The van der Waals surface area contributed by atoms with Crippen LogP contribution in [-0.4, -0.2) is 28.4 Å². The molecule has 23 heavy (non-hydrogen) atoms. The second-order valence-electron chi connectivity index (χ2n) is 7.69. The first-order chi connectivity index (χ1) is 10.3. The first-order valence-electron chi connectivity index (χ1n) is 8.24. The second-order valence-corrected chi connectivity index (χ2v) is 7.69. The van der Waals surface area contributed by atoms with E-state index < -0.39 is 0 Å². The van der Waals surface area contributed by atoms with Crippen LogP contribution in [0.15, 0.2) is 0 Å². The van der Waals surface area contributed by atoms with Gasteiger partial charge in [-0.1, -0.05) is 41.5 Å². The van der Waals surface area contributed by atoms with Gasteiger partial charge in [-0.05, 0) is 38.5 Å². The Morgan fingerprint density at radius 2 is 1.52 bits per heavy atom. The zero-order valence-corrected chi connectivity index (χ0v) is 16.2. The third kappa shape index (κ3) is 13.9. The summed E-state index contributed by atoms with van der Waals surface area (Å²) in [5, 5.41) is 0. The van der Waals surface area contributed by atoms with Crippen molar-refractivity contribution in [3.8, 4) is 0 Å². The molecular weight excluding hydrogens is 292 g/mol. The summed E-state index contributed by atoms with van der Waals surface area (Å²) >= 11 is 0. The predicted octanol–water partition coefficient (Wildman–Crippen LogP) is 4.16. The SMILES string of the molecule is CC(C)[C@@H](C)C(=O)C=[N+]=[N-].CC(C)[C@@H](C)CC(=O)OC(C)(C)C. The average molecular weight is 326 g/mol. The molecule has 0 aliphatic carbocycles. The molecule has 0 heterocycles. The van der Waals surface area contributed by atoms with Gasteiger partial charge in [0, 0.05) is 12.3 Å². The summed E-state index contributed by atoms with van der Waals surface area (Å²) in [7, 11) is 0. The van der Waals surface area contributed by atoms with E-state index in [1.165, 1.54) is 0 Å². The molecule has 0 aromatic rings. The quantitative estimate of drug-likeness (QED) is 0.318. The van der Waals surface area contributed by atoms with Gasteiger partial charge >= 0.3 is 12.2 Å². The molecule has 5 nitrogen and oxygen atoms in total. The van der Waals surface area contributed by atoms with E-state index in [1.807, 2.05) is 41.5 Å². The Bertz CT molecular complexity index is 416. The third-order valence-electron chi connectivity index (χ3n) is 3.68. The topological polar surface area (TPSA) is 79.8 Å². The molecule has 0 saturated heterocycles. The lowest BCUT2D eigenvalue weighted by atomic mass is 9.94. The van der Waals surface area contributed by atoms with E-state index in [2.05, 4.69) is 25.6 Å². The zero-order valence-electron chi connectivity index (χ0n) is 16.2. The Labute approximate surface area is 141 Å². The Morgan fingerprint density at radius 1 is 1.04 bits per heavy atom. The highest BCUT2D eigenvalue weighted by Gasteiger charge is 2.19. The lowest BCUT2D eigenvalue weighted by Crippen LogP contribution is -2.25. The second kappa shape index (κ2) is 11.1. The molecule has 0 aliphatic heterocycles. The highest BCUT2D eigenvalue weighted by Crippen LogP contribution is 2.17. The first kappa shape index (κ1) is 23.8. The highest BCUT2D eigenvalue weighted by atomic mass is 16.6. The average Bonchev–Trinajstić information content (AvgIpc) is 2.36. The fourth-order valence-corrected chi connectivity index (χ4v) is 1.38. The summed E-state index contributed by atoms with van der Waals surface area (Å²) in [6, 6.07) is 0. The number of ether oxygens (including phenoxy) is 1. The molecule has 0 aromatic heterocycles. The van der Waals surface area contributed by atoms with E-state index in [-0.39, 0.29) is 23.3 Å². The normalized spacial score (nSPS) is 13.5. The number of nitrogens with zero attached hydrogens (tertiary/aromatic N) is 2. The smallest absolute Gasteiger partial charge is 0.323 e. The van der Waals surface area contributed by atoms with Gasteiger partial charge < -0.3 is 10.3 Å². The van der Waals surface area contributed by atoms with Crippen LogP contribution in [0.2, 0.25) is 0 Å². The van der Waals surface area contributed by atoms with Crippen molar-refractivity contribution in [3.05, 3.63) is 5.53 Å². The highest BCUT2D eigenvalue weighted by molar-refractivity contribution is 6.26. The van der Waals surface area contributed by atoms with E-state index in [0.717, 1.165) is 6.21 Å². The molecule has 0 amide bonds. The Hall–Kier alpha value is -1.48. The van der Waals surface area contributed by atoms with Crippen molar-refractivity contribution in [2.24, 2.45) is 23.7 Å². The molecule has 0 N–H and O–H groups in total. The Kier molecular flexibility index (Phi) is 11.5. The number of ketones is 1. The molecule has 0 fully saturated rings. The molecular formula is C18H34N2O3. The molecule has 0 bridgehead atoms. The molecule has 0 spiro atoms. The van der Waals surface area contributed by atoms with Crippen LogP contribution in [0.5, 0.6) is 0 Å². The summed E-state index contributed by atoms with van der Waals surface area (Å²) in [4.78, 5) is 24.9. The van der Waals surface area contributed by atoms with Gasteiger partial charge in [0.15, 0.2) is 0 Å². The van der Waals surface area contributed by atoms with Crippen molar-refractivity contribution >= 4 is 18.0 Å². The maximum Gasteiger partial charge on any atom is 0.323 e. The maximum atomic E-state index is 11.4. The minimum atomic E-state index is -0.353. The minimum absolute atomic E-state index is 0.0594. The number of esters is 1. The molecule has 0 aliphatic rings. The molecule has 0 saturated carbocycles. The molecule has 134 valence electrons. The van der Waals surface area contributed by atoms with Gasteiger partial charge in [0.1, 0.15) is 5.60 Å². The van der Waals surface area contributed by atoms with E-state index in [9.17, 15) is 9.59 Å². The standard InChI is InChI=1S/C11H22O2.C7H12N2O/c1-8(2)9(3)7-10(12)13-11(4,5)6;1-5(2)6(3)7(10)4-9-8/h8-9H,7H2,1-6H3;4-6H,1-3H3/t9-;6-/m01/s1. The lowest BCUT2D eigenvalue weighted by Gasteiger charge is -2.22. The fraction of sp³-hybridized carbons (Fsp3) is 0.833. The van der Waals surface area contributed by atoms with Gasteiger partial charge in [0.05, 0.1) is 0 Å². The number of hydrogen-bond donors (Lipinski definition) is 0. The van der Waals surface area contributed by atoms with Crippen LogP contribution >= 0.6 is 0 Å². The number of carbonyl (C=O) groups is 2. The molecule has 5 heteroatoms. The van der Waals surface area contributed by atoms with Crippen molar-refractivity contribution in [2.75, 3.05) is 0 Å². The predicted molar refractivity (Wildman–Crippen MR) is 93.2 cm³/mol. The van der Waals surface area contributed by atoms with Gasteiger partial charge in [-0.2, -0.15) is 4.79 Å². The van der Waals surface area contributed by atoms with Gasteiger partial charge in [-0.15, -0.1) is 0 Å². The number of carbonyl (C=O) groups excluding carboxylic acids is 2. The molecule has 0 radical (unpaired) electrons. The summed E-state index contributed by atoms with van der Waals surface area (Å²) in [5.41, 5.74) is 7.66. The lowest BCUT2D eigenvalue weighted by molar-refractivity contribution is -0.156. The number of rotatable bonds is 6. The van der Waals surface area contributed by atoms with Gasteiger partial charge in [0.25, 0.3) is 0 Å². The van der Waals surface area contributed by atoms with Crippen molar-refractivity contribution in [1.29, 1.82) is 0 Å². The number of hydrogen-bond acceptors (Lipinski definition) is 3. The van der Waals surface area contributed by atoms with Crippen LogP contribution in [-0.2, 0) is 14.3 Å². The maximum absolute atomic E-state index is 11.4. The van der Waals surface area contributed by atoms with Crippen LogP contribution in [0.4, 0.5) is 0 Å². The van der Waals surface area contributed by atoms with Crippen LogP contribution < -0.4 is 0 Å². The molecule has 0 rings (SSSR count). The van der Waals surface area contributed by atoms with Gasteiger partial charge in [-0.25, -0.2) is 0 Å². The van der Waals surface area contributed by atoms with Crippen molar-refractivity contribution in [2.45, 2.75) is 74.3 Å². The van der Waals surface area contributed by atoms with E-state index in [4.69, 9.17) is 10.3 Å². The molecule has 2 atom stereocenters. The van der Waals surface area contributed by atoms with Gasteiger partial charge in [-0.3, -0.25) is 9.59 Å². The zero-order chi connectivity index (χ0) is 18.8.